The Balaban J connectivity index is 2.03. The highest BCUT2D eigenvalue weighted by Crippen LogP contribution is 2.21. The zero-order valence-electron chi connectivity index (χ0n) is 14.7. The van der Waals surface area contributed by atoms with Gasteiger partial charge in [-0.3, -0.25) is 10.1 Å². The van der Waals surface area contributed by atoms with Gasteiger partial charge in [0.1, 0.15) is 17.3 Å². The summed E-state index contributed by atoms with van der Waals surface area (Å²) in [7, 11) is 1.34. The average Bonchev–Trinajstić information content (AvgIpc) is 3.05. The summed E-state index contributed by atoms with van der Waals surface area (Å²) >= 11 is 0. The van der Waals surface area contributed by atoms with Crippen LogP contribution in [0, 0.1) is 0 Å². The van der Waals surface area contributed by atoms with Gasteiger partial charge in [-0.25, -0.2) is 14.8 Å². The molecule has 0 saturated carbocycles. The third kappa shape index (κ3) is 5.59. The van der Waals surface area contributed by atoms with E-state index in [-0.39, 0.29) is 5.97 Å². The van der Waals surface area contributed by atoms with Crippen molar-refractivity contribution in [3.8, 4) is 0 Å². The molecular formula is C17H22N4O4. The lowest BCUT2D eigenvalue weighted by molar-refractivity contribution is -0.142. The van der Waals surface area contributed by atoms with Crippen LogP contribution < -0.4 is 5.32 Å². The summed E-state index contributed by atoms with van der Waals surface area (Å²) in [6, 6.07) is 3.43. The van der Waals surface area contributed by atoms with Gasteiger partial charge in [0.05, 0.1) is 19.1 Å². The smallest absolute Gasteiger partial charge is 0.413 e. The molecule has 0 aliphatic carbocycles. The summed E-state index contributed by atoms with van der Waals surface area (Å²) in [5.41, 5.74) is 0.831. The minimum Gasteiger partial charge on any atom is -0.468 e. The number of anilines is 1. The maximum atomic E-state index is 12.0. The molecule has 134 valence electrons. The van der Waals surface area contributed by atoms with Gasteiger partial charge in [0.25, 0.3) is 0 Å². The molecule has 2 N–H and O–H groups in total. The number of carbonyl (C=O) groups is 2. The van der Waals surface area contributed by atoms with Crippen molar-refractivity contribution in [2.75, 3.05) is 12.4 Å². The van der Waals surface area contributed by atoms with Gasteiger partial charge in [-0.15, -0.1) is 0 Å². The van der Waals surface area contributed by atoms with Crippen LogP contribution in [-0.2, 0) is 20.7 Å². The van der Waals surface area contributed by atoms with E-state index < -0.39 is 17.6 Å². The normalized spacial score (nSPS) is 12.3. The van der Waals surface area contributed by atoms with Crippen LogP contribution in [-0.4, -0.2) is 39.7 Å². The highest BCUT2D eigenvalue weighted by Gasteiger charge is 2.24. The summed E-state index contributed by atoms with van der Waals surface area (Å²) in [5, 5.41) is 2.56. The van der Waals surface area contributed by atoms with Gasteiger partial charge in [0.15, 0.2) is 0 Å². The quantitative estimate of drug-likeness (QED) is 0.806. The molecule has 2 heterocycles. The third-order valence-electron chi connectivity index (χ3n) is 3.26. The number of hydrogen-bond donors (Lipinski definition) is 2. The highest BCUT2D eigenvalue weighted by molar-refractivity contribution is 5.83. The van der Waals surface area contributed by atoms with Crippen LogP contribution in [0.1, 0.15) is 37.9 Å². The standard InChI is InChI=1S/C17H22N4O4/c1-17(2,3)25-16(23)21-14-6-5-11(8-19-14)7-12(15(22)24-4)13-9-18-10-20-13/h5-6,8-10,12H,7H2,1-4H3,(H,18,20)(H,19,21,23). The zero-order valence-corrected chi connectivity index (χ0v) is 14.7. The molecule has 8 nitrogen and oxygen atoms in total. The zero-order chi connectivity index (χ0) is 18.4. The second kappa shape index (κ2) is 7.78. The number of hydrogen-bond acceptors (Lipinski definition) is 6. The maximum Gasteiger partial charge on any atom is 0.413 e. The summed E-state index contributed by atoms with van der Waals surface area (Å²) in [6.07, 6.45) is 4.58. The monoisotopic (exact) mass is 346 g/mol. The Hall–Kier alpha value is -2.90. The summed E-state index contributed by atoms with van der Waals surface area (Å²) in [5.74, 6) is -0.529. The third-order valence-corrected chi connectivity index (χ3v) is 3.26. The van der Waals surface area contributed by atoms with E-state index in [2.05, 4.69) is 20.3 Å². The molecule has 1 unspecified atom stereocenters. The fraction of sp³-hybridized carbons (Fsp3) is 0.412. The topological polar surface area (TPSA) is 106 Å². The highest BCUT2D eigenvalue weighted by atomic mass is 16.6. The van der Waals surface area contributed by atoms with Gasteiger partial charge in [-0.2, -0.15) is 0 Å². The number of aromatic amines is 1. The number of imidazole rings is 1. The lowest BCUT2D eigenvalue weighted by Crippen LogP contribution is -2.27. The number of aromatic nitrogens is 3. The van der Waals surface area contributed by atoms with Crippen molar-refractivity contribution in [1.82, 2.24) is 15.0 Å². The Morgan fingerprint density at radius 1 is 1.28 bits per heavy atom. The number of nitrogens with one attached hydrogen (secondary N) is 2. The van der Waals surface area contributed by atoms with Gasteiger partial charge in [0, 0.05) is 12.4 Å². The van der Waals surface area contributed by atoms with Crippen LogP contribution in [0.5, 0.6) is 0 Å². The molecule has 0 spiro atoms. The largest absolute Gasteiger partial charge is 0.468 e. The second-order valence-corrected chi connectivity index (χ2v) is 6.45. The number of carbonyl (C=O) groups excluding carboxylic acids is 2. The lowest BCUT2D eigenvalue weighted by Gasteiger charge is -2.19. The van der Waals surface area contributed by atoms with Crippen LogP contribution in [0.25, 0.3) is 0 Å². The number of pyridine rings is 1. The molecule has 0 aromatic carbocycles. The van der Waals surface area contributed by atoms with Gasteiger partial charge >= 0.3 is 12.1 Å². The number of methoxy groups -OCH3 is 1. The van der Waals surface area contributed by atoms with Crippen LogP contribution >= 0.6 is 0 Å². The Labute approximate surface area is 146 Å². The minimum atomic E-state index is -0.582. The number of ether oxygens (including phenoxy) is 2. The molecule has 8 heteroatoms. The van der Waals surface area contributed by atoms with E-state index in [0.717, 1.165) is 5.56 Å². The fourth-order valence-electron chi connectivity index (χ4n) is 2.18. The van der Waals surface area contributed by atoms with Crippen LogP contribution in [0.15, 0.2) is 30.9 Å². The molecule has 0 fully saturated rings. The Kier molecular flexibility index (Phi) is 5.74. The second-order valence-electron chi connectivity index (χ2n) is 6.45. The molecule has 0 aliphatic heterocycles. The van der Waals surface area contributed by atoms with Crippen molar-refractivity contribution in [2.45, 2.75) is 38.7 Å². The molecule has 2 aromatic heterocycles. The summed E-state index contributed by atoms with van der Waals surface area (Å²) in [4.78, 5) is 34.8. The molecule has 0 aliphatic rings. The van der Waals surface area contributed by atoms with E-state index in [9.17, 15) is 9.59 Å². The van der Waals surface area contributed by atoms with E-state index in [1.54, 1.807) is 45.3 Å². The summed E-state index contributed by atoms with van der Waals surface area (Å²) < 4.78 is 10.0. The number of H-pyrrole nitrogens is 1. The first-order valence-corrected chi connectivity index (χ1v) is 7.80. The van der Waals surface area contributed by atoms with E-state index >= 15 is 0 Å². The number of esters is 1. The SMILES string of the molecule is COC(=O)C(Cc1ccc(NC(=O)OC(C)(C)C)nc1)c1c[nH]cn1. The first-order valence-electron chi connectivity index (χ1n) is 7.80. The molecule has 0 radical (unpaired) electrons. The molecule has 0 bridgehead atoms. The Morgan fingerprint density at radius 2 is 2.04 bits per heavy atom. The van der Waals surface area contributed by atoms with E-state index in [1.807, 2.05) is 0 Å². The van der Waals surface area contributed by atoms with Crippen molar-refractivity contribution < 1.29 is 19.1 Å². The minimum absolute atomic E-state index is 0.368. The molecule has 0 saturated heterocycles. The molecular weight excluding hydrogens is 324 g/mol. The Morgan fingerprint density at radius 3 is 2.56 bits per heavy atom. The predicted molar refractivity (Wildman–Crippen MR) is 91.1 cm³/mol. The number of amides is 1. The van der Waals surface area contributed by atoms with Gasteiger partial charge < -0.3 is 14.5 Å². The molecule has 2 rings (SSSR count). The predicted octanol–water partition coefficient (Wildman–Crippen LogP) is 2.65. The maximum absolute atomic E-state index is 12.0. The summed E-state index contributed by atoms with van der Waals surface area (Å²) in [6.45, 7) is 5.35. The average molecular weight is 346 g/mol. The van der Waals surface area contributed by atoms with E-state index in [1.165, 1.54) is 13.4 Å². The van der Waals surface area contributed by atoms with Crippen molar-refractivity contribution in [2.24, 2.45) is 0 Å². The van der Waals surface area contributed by atoms with Crippen molar-refractivity contribution in [3.05, 3.63) is 42.1 Å². The first-order chi connectivity index (χ1) is 11.8. The van der Waals surface area contributed by atoms with Gasteiger partial charge in [-0.1, -0.05) is 6.07 Å². The molecule has 1 amide bonds. The first kappa shape index (κ1) is 18.4. The molecule has 1 atom stereocenters. The molecule has 2 aromatic rings. The lowest BCUT2D eigenvalue weighted by atomic mass is 9.98. The van der Waals surface area contributed by atoms with E-state index in [0.29, 0.717) is 17.9 Å². The number of nitrogens with zero attached hydrogens (tertiary/aromatic N) is 2. The van der Waals surface area contributed by atoms with E-state index in [4.69, 9.17) is 9.47 Å². The van der Waals surface area contributed by atoms with Gasteiger partial charge in [-0.05, 0) is 38.8 Å². The van der Waals surface area contributed by atoms with Crippen molar-refractivity contribution in [3.63, 3.8) is 0 Å². The van der Waals surface area contributed by atoms with Crippen LogP contribution in [0.3, 0.4) is 0 Å². The molecule has 25 heavy (non-hydrogen) atoms. The van der Waals surface area contributed by atoms with Crippen LogP contribution in [0.2, 0.25) is 0 Å². The Bertz CT molecular complexity index is 705. The number of rotatable bonds is 5. The fourth-order valence-corrected chi connectivity index (χ4v) is 2.18. The van der Waals surface area contributed by atoms with Crippen molar-refractivity contribution in [1.29, 1.82) is 0 Å². The van der Waals surface area contributed by atoms with Crippen LogP contribution in [0.4, 0.5) is 10.6 Å². The van der Waals surface area contributed by atoms with Gasteiger partial charge in [0.2, 0.25) is 0 Å². The van der Waals surface area contributed by atoms with Crippen molar-refractivity contribution >= 4 is 17.9 Å².